The van der Waals surface area contributed by atoms with Gasteiger partial charge in [0, 0.05) is 12.6 Å². The molecule has 1 fully saturated rings. The molecule has 0 spiro atoms. The summed E-state index contributed by atoms with van der Waals surface area (Å²) in [4.78, 5) is 0. The zero-order valence-corrected chi connectivity index (χ0v) is 11.6. The van der Waals surface area contributed by atoms with Gasteiger partial charge in [0.05, 0.1) is 5.02 Å². The van der Waals surface area contributed by atoms with Crippen molar-refractivity contribution in [2.75, 3.05) is 6.54 Å². The van der Waals surface area contributed by atoms with Crippen LogP contribution in [0.25, 0.3) is 6.08 Å². The van der Waals surface area contributed by atoms with E-state index in [1.807, 2.05) is 6.07 Å². The molecule has 1 aliphatic carbocycles. The molecular formula is C15H19ClFN. The number of nitrogens with one attached hydrogen (secondary N) is 1. The third-order valence-electron chi connectivity index (χ3n) is 3.21. The van der Waals surface area contributed by atoms with Crippen LogP contribution >= 0.6 is 11.6 Å². The number of halogens is 2. The van der Waals surface area contributed by atoms with Gasteiger partial charge in [-0.3, -0.25) is 0 Å². The fraction of sp³-hybridized carbons (Fsp3) is 0.467. The Bertz CT molecular complexity index is 450. The normalized spacial score (nSPS) is 16.4. The van der Waals surface area contributed by atoms with Gasteiger partial charge in [-0.25, -0.2) is 4.39 Å². The van der Waals surface area contributed by atoms with Gasteiger partial charge >= 0.3 is 0 Å². The van der Waals surface area contributed by atoms with Gasteiger partial charge in [-0.05, 0) is 36.5 Å². The quantitative estimate of drug-likeness (QED) is 0.840. The molecule has 0 heterocycles. The van der Waals surface area contributed by atoms with E-state index in [-0.39, 0.29) is 10.8 Å². The topological polar surface area (TPSA) is 12.0 Å². The minimum atomic E-state index is -0.358. The summed E-state index contributed by atoms with van der Waals surface area (Å²) in [6, 6.07) is 5.64. The minimum absolute atomic E-state index is 0.175. The van der Waals surface area contributed by atoms with Crippen molar-refractivity contribution in [3.8, 4) is 0 Å². The summed E-state index contributed by atoms with van der Waals surface area (Å²) < 4.78 is 13.4. The Hall–Kier alpha value is -0.860. The Kier molecular flexibility index (Phi) is 4.41. The van der Waals surface area contributed by atoms with Gasteiger partial charge in [0.1, 0.15) is 5.82 Å². The first kappa shape index (κ1) is 13.6. The maximum Gasteiger partial charge on any atom is 0.142 e. The van der Waals surface area contributed by atoms with Gasteiger partial charge in [-0.2, -0.15) is 0 Å². The van der Waals surface area contributed by atoms with E-state index >= 15 is 0 Å². The summed E-state index contributed by atoms with van der Waals surface area (Å²) >= 11 is 5.68. The van der Waals surface area contributed by atoms with E-state index in [4.69, 9.17) is 11.6 Å². The molecule has 3 heteroatoms. The molecule has 98 valence electrons. The van der Waals surface area contributed by atoms with Crippen molar-refractivity contribution < 1.29 is 4.39 Å². The molecule has 1 nitrogen and oxygen atoms in total. The van der Waals surface area contributed by atoms with Crippen LogP contribution in [-0.4, -0.2) is 12.6 Å². The number of hydrogen-bond acceptors (Lipinski definition) is 1. The Morgan fingerprint density at radius 3 is 2.78 bits per heavy atom. The second-order valence-electron chi connectivity index (χ2n) is 5.20. The van der Waals surface area contributed by atoms with Gasteiger partial charge in [-0.15, -0.1) is 0 Å². The van der Waals surface area contributed by atoms with Crippen molar-refractivity contribution in [2.24, 2.45) is 5.92 Å². The smallest absolute Gasteiger partial charge is 0.142 e. The van der Waals surface area contributed by atoms with Crippen molar-refractivity contribution >= 4 is 17.7 Å². The monoisotopic (exact) mass is 267 g/mol. The van der Waals surface area contributed by atoms with Crippen molar-refractivity contribution in [1.29, 1.82) is 0 Å². The fourth-order valence-electron chi connectivity index (χ4n) is 1.79. The highest BCUT2D eigenvalue weighted by atomic mass is 35.5. The molecule has 0 aliphatic heterocycles. The summed E-state index contributed by atoms with van der Waals surface area (Å²) in [6.45, 7) is 5.20. The third kappa shape index (κ3) is 3.82. The fourth-order valence-corrected chi connectivity index (χ4v) is 1.91. The Labute approximate surface area is 113 Å². The van der Waals surface area contributed by atoms with Crippen LogP contribution in [0.15, 0.2) is 23.8 Å². The van der Waals surface area contributed by atoms with E-state index in [1.54, 1.807) is 6.07 Å². The predicted molar refractivity (Wildman–Crippen MR) is 75.2 cm³/mol. The van der Waals surface area contributed by atoms with E-state index in [9.17, 15) is 4.39 Å². The second-order valence-corrected chi connectivity index (χ2v) is 5.61. The van der Waals surface area contributed by atoms with E-state index in [0.29, 0.717) is 12.0 Å². The molecule has 2 rings (SSSR count). The van der Waals surface area contributed by atoms with Crippen molar-refractivity contribution in [3.63, 3.8) is 0 Å². The molecule has 1 aromatic carbocycles. The van der Waals surface area contributed by atoms with E-state index in [1.165, 1.54) is 24.5 Å². The summed E-state index contributed by atoms with van der Waals surface area (Å²) in [5, 5.41) is 3.67. The van der Waals surface area contributed by atoms with Crippen LogP contribution in [0.2, 0.25) is 5.02 Å². The third-order valence-corrected chi connectivity index (χ3v) is 3.52. The van der Waals surface area contributed by atoms with Gasteiger partial charge in [0.25, 0.3) is 0 Å². The highest BCUT2D eigenvalue weighted by molar-refractivity contribution is 6.30. The molecule has 1 saturated carbocycles. The van der Waals surface area contributed by atoms with Crippen LogP contribution in [0.3, 0.4) is 0 Å². The Morgan fingerprint density at radius 1 is 1.50 bits per heavy atom. The van der Waals surface area contributed by atoms with E-state index in [2.05, 4.69) is 25.2 Å². The zero-order chi connectivity index (χ0) is 13.1. The van der Waals surface area contributed by atoms with E-state index < -0.39 is 0 Å². The summed E-state index contributed by atoms with van der Waals surface area (Å²) in [5.41, 5.74) is 2.17. The lowest BCUT2D eigenvalue weighted by molar-refractivity contribution is 0.627. The lowest BCUT2D eigenvalue weighted by Crippen LogP contribution is -2.21. The zero-order valence-electron chi connectivity index (χ0n) is 10.8. The molecule has 1 aromatic rings. The predicted octanol–water partition coefficient (Wildman–Crippen LogP) is 4.27. The first-order chi connectivity index (χ1) is 8.56. The maximum absolute atomic E-state index is 13.4. The van der Waals surface area contributed by atoms with Crippen LogP contribution in [0.5, 0.6) is 0 Å². The Balaban J connectivity index is 2.11. The number of benzene rings is 1. The average molecular weight is 268 g/mol. The summed E-state index contributed by atoms with van der Waals surface area (Å²) in [5.74, 6) is 0.0960. The number of hydrogen-bond donors (Lipinski definition) is 1. The van der Waals surface area contributed by atoms with E-state index in [0.717, 1.165) is 12.1 Å². The first-order valence-electron chi connectivity index (χ1n) is 6.45. The molecule has 0 unspecified atom stereocenters. The summed E-state index contributed by atoms with van der Waals surface area (Å²) in [6.07, 6.45) is 4.61. The van der Waals surface area contributed by atoms with Crippen LogP contribution < -0.4 is 5.32 Å². The van der Waals surface area contributed by atoms with Gasteiger partial charge in [0.2, 0.25) is 0 Å². The molecule has 0 atom stereocenters. The highest BCUT2D eigenvalue weighted by Crippen LogP contribution is 2.22. The van der Waals surface area contributed by atoms with Crippen LogP contribution in [0.4, 0.5) is 4.39 Å². The lowest BCUT2D eigenvalue weighted by atomic mass is 10.00. The molecule has 0 saturated heterocycles. The molecular weight excluding hydrogens is 249 g/mol. The molecule has 18 heavy (non-hydrogen) atoms. The standard InChI is InChI=1S/C15H19ClFN/c1-10(2)12(9-18-13-4-5-13)7-11-3-6-14(16)15(17)8-11/h3,6-8,10,13,18H,4-5,9H2,1-2H3. The van der Waals surface area contributed by atoms with Crippen molar-refractivity contribution in [3.05, 3.63) is 40.2 Å². The first-order valence-corrected chi connectivity index (χ1v) is 6.83. The molecule has 0 aromatic heterocycles. The molecule has 0 radical (unpaired) electrons. The molecule has 1 aliphatic rings. The van der Waals surface area contributed by atoms with Gasteiger partial charge in [-0.1, -0.05) is 43.2 Å². The second kappa shape index (κ2) is 5.85. The molecule has 0 amide bonds. The van der Waals surface area contributed by atoms with Gasteiger partial charge < -0.3 is 5.32 Å². The molecule has 1 N–H and O–H groups in total. The summed E-state index contributed by atoms with van der Waals surface area (Å²) in [7, 11) is 0. The van der Waals surface area contributed by atoms with Crippen LogP contribution in [0.1, 0.15) is 32.3 Å². The van der Waals surface area contributed by atoms with Crippen LogP contribution in [-0.2, 0) is 0 Å². The maximum atomic E-state index is 13.4. The average Bonchev–Trinajstić information content (AvgIpc) is 3.12. The SMILES string of the molecule is CC(C)C(=Cc1ccc(Cl)c(F)c1)CNC1CC1. The highest BCUT2D eigenvalue weighted by Gasteiger charge is 2.20. The van der Waals surface area contributed by atoms with Crippen molar-refractivity contribution in [2.45, 2.75) is 32.7 Å². The largest absolute Gasteiger partial charge is 0.310 e. The van der Waals surface area contributed by atoms with Crippen LogP contribution in [0, 0.1) is 11.7 Å². The Morgan fingerprint density at radius 2 is 2.22 bits per heavy atom. The minimum Gasteiger partial charge on any atom is -0.310 e. The van der Waals surface area contributed by atoms with Crippen molar-refractivity contribution in [1.82, 2.24) is 5.32 Å². The number of rotatable bonds is 5. The molecule has 0 bridgehead atoms. The lowest BCUT2D eigenvalue weighted by Gasteiger charge is -2.12. The van der Waals surface area contributed by atoms with Gasteiger partial charge in [0.15, 0.2) is 0 Å².